The Bertz CT molecular complexity index is 846. The summed E-state index contributed by atoms with van der Waals surface area (Å²) in [6, 6.07) is 10.0. The number of nitro groups is 1. The van der Waals surface area contributed by atoms with Crippen molar-refractivity contribution in [3.8, 4) is 5.75 Å². The van der Waals surface area contributed by atoms with Crippen molar-refractivity contribution < 1.29 is 28.9 Å². The van der Waals surface area contributed by atoms with Gasteiger partial charge in [-0.1, -0.05) is 35.3 Å². The van der Waals surface area contributed by atoms with Gasteiger partial charge in [0.25, 0.3) is 0 Å². The molecule has 0 aromatic heterocycles. The van der Waals surface area contributed by atoms with E-state index in [4.69, 9.17) is 9.84 Å². The number of aliphatic carboxylic acids is 1. The molecule has 10 heteroatoms. The predicted octanol–water partition coefficient (Wildman–Crippen LogP) is 2.89. The molecule has 0 atom stereocenters. The minimum Gasteiger partial charge on any atom is -0.481 e. The number of ether oxygens (including phenoxy) is 1. The van der Waals surface area contributed by atoms with Crippen LogP contribution in [0.1, 0.15) is 15.9 Å². The molecule has 1 amide bonds. The maximum Gasteiger partial charge on any atom is 0.341 e. The van der Waals surface area contributed by atoms with E-state index in [1.165, 1.54) is 0 Å². The maximum absolute atomic E-state index is 13.7. The Labute approximate surface area is 155 Å². The summed E-state index contributed by atoms with van der Waals surface area (Å²) in [7, 11) is 0. The number of amides is 1. The molecule has 2 aromatic carbocycles. The van der Waals surface area contributed by atoms with Gasteiger partial charge in [-0.3, -0.25) is 4.79 Å². The second-order valence-electron chi connectivity index (χ2n) is 5.03. The molecular formula is C16H12BrFN2O6. The van der Waals surface area contributed by atoms with Gasteiger partial charge in [-0.05, 0) is 27.6 Å². The molecule has 0 fully saturated rings. The highest BCUT2D eigenvalue weighted by atomic mass is 79.9. The summed E-state index contributed by atoms with van der Waals surface area (Å²) in [5.41, 5.74) is 0.166. The summed E-state index contributed by atoms with van der Waals surface area (Å²) >= 11 is 2.89. The predicted molar refractivity (Wildman–Crippen MR) is 90.5 cm³/mol. The zero-order valence-electron chi connectivity index (χ0n) is 13.1. The van der Waals surface area contributed by atoms with Crippen molar-refractivity contribution in [2.45, 2.75) is 6.54 Å². The molecule has 0 radical (unpaired) electrons. The largest absolute Gasteiger partial charge is 0.481 e. The summed E-state index contributed by atoms with van der Waals surface area (Å²) < 4.78 is 18.5. The van der Waals surface area contributed by atoms with Crippen LogP contribution in [-0.4, -0.2) is 33.6 Å². The molecule has 0 spiro atoms. The van der Waals surface area contributed by atoms with Gasteiger partial charge in [0.15, 0.2) is 11.6 Å². The van der Waals surface area contributed by atoms with E-state index in [1.54, 1.807) is 30.3 Å². The minimum atomic E-state index is -1.35. The second kappa shape index (κ2) is 8.39. The SMILES string of the molecule is O=C(O)COc1cc(F)c(Br)cc1C(=O)N(Cc1ccccc1)[N+](=O)[O-]. The summed E-state index contributed by atoms with van der Waals surface area (Å²) in [4.78, 5) is 34.6. The highest BCUT2D eigenvalue weighted by Gasteiger charge is 2.30. The van der Waals surface area contributed by atoms with Crippen LogP contribution in [0.2, 0.25) is 0 Å². The summed E-state index contributed by atoms with van der Waals surface area (Å²) in [5.74, 6) is -3.63. The van der Waals surface area contributed by atoms with Gasteiger partial charge < -0.3 is 9.84 Å². The third kappa shape index (κ3) is 4.76. The molecule has 1 N–H and O–H groups in total. The van der Waals surface area contributed by atoms with Gasteiger partial charge in [-0.15, -0.1) is 0 Å². The molecule has 0 aliphatic carbocycles. The van der Waals surface area contributed by atoms with E-state index in [9.17, 15) is 24.1 Å². The lowest BCUT2D eigenvalue weighted by Gasteiger charge is -2.15. The smallest absolute Gasteiger partial charge is 0.341 e. The van der Waals surface area contributed by atoms with Crippen LogP contribution in [0.15, 0.2) is 46.9 Å². The van der Waals surface area contributed by atoms with Gasteiger partial charge in [0.05, 0.1) is 10.0 Å². The molecule has 0 bridgehead atoms. The van der Waals surface area contributed by atoms with E-state index in [0.29, 0.717) is 10.6 Å². The topological polar surface area (TPSA) is 110 Å². The van der Waals surface area contributed by atoms with Crippen molar-refractivity contribution in [2.75, 3.05) is 6.61 Å². The quantitative estimate of drug-likeness (QED) is 0.538. The van der Waals surface area contributed by atoms with Crippen LogP contribution < -0.4 is 4.74 Å². The molecule has 0 heterocycles. The number of hydrazine groups is 1. The van der Waals surface area contributed by atoms with E-state index in [-0.39, 0.29) is 16.6 Å². The van der Waals surface area contributed by atoms with E-state index >= 15 is 0 Å². The average Bonchev–Trinajstić information content (AvgIpc) is 2.60. The summed E-state index contributed by atoms with van der Waals surface area (Å²) in [5, 5.41) is 19.5. The van der Waals surface area contributed by atoms with Gasteiger partial charge in [-0.2, -0.15) is 0 Å². The van der Waals surface area contributed by atoms with Gasteiger partial charge in [0.2, 0.25) is 0 Å². The Morgan fingerprint density at radius 1 is 1.27 bits per heavy atom. The van der Waals surface area contributed by atoms with Crippen molar-refractivity contribution in [3.63, 3.8) is 0 Å². The molecule has 0 unspecified atom stereocenters. The molecule has 136 valence electrons. The first-order chi connectivity index (χ1) is 12.3. The second-order valence-corrected chi connectivity index (χ2v) is 5.89. The van der Waals surface area contributed by atoms with Gasteiger partial charge in [0, 0.05) is 6.07 Å². The summed E-state index contributed by atoms with van der Waals surface area (Å²) in [6.07, 6.45) is 0. The van der Waals surface area contributed by atoms with Crippen LogP contribution in [0.25, 0.3) is 0 Å². The standard InChI is InChI=1S/C16H12BrFN2O6/c17-12-6-11(14(7-13(12)18)26-9-15(21)22)16(23)19(20(24)25)8-10-4-2-1-3-5-10/h1-7H,8-9H2,(H,21,22). The first-order valence-electron chi connectivity index (χ1n) is 7.13. The fourth-order valence-corrected chi connectivity index (χ4v) is 2.40. The zero-order chi connectivity index (χ0) is 19.3. The number of carboxylic acids is 1. The maximum atomic E-state index is 13.7. The molecule has 8 nitrogen and oxygen atoms in total. The van der Waals surface area contributed by atoms with Crippen LogP contribution in [0.4, 0.5) is 4.39 Å². The normalized spacial score (nSPS) is 10.2. The van der Waals surface area contributed by atoms with Crippen molar-refractivity contribution >= 4 is 27.8 Å². The van der Waals surface area contributed by atoms with Gasteiger partial charge in [0.1, 0.15) is 18.1 Å². The molecule has 0 aliphatic heterocycles. The lowest BCUT2D eigenvalue weighted by Crippen LogP contribution is -2.36. The zero-order valence-corrected chi connectivity index (χ0v) is 14.7. The van der Waals surface area contributed by atoms with Crippen molar-refractivity contribution in [2.24, 2.45) is 0 Å². The number of benzene rings is 2. The number of nitrogens with zero attached hydrogens (tertiary/aromatic N) is 2. The van der Waals surface area contributed by atoms with Crippen LogP contribution >= 0.6 is 15.9 Å². The summed E-state index contributed by atoms with van der Waals surface area (Å²) in [6.45, 7) is -1.17. The first kappa shape index (κ1) is 19.3. The number of rotatable bonds is 7. The molecular weight excluding hydrogens is 415 g/mol. The highest BCUT2D eigenvalue weighted by molar-refractivity contribution is 9.10. The van der Waals surface area contributed by atoms with E-state index < -0.39 is 35.1 Å². The van der Waals surface area contributed by atoms with E-state index in [2.05, 4.69) is 15.9 Å². The van der Waals surface area contributed by atoms with E-state index in [0.717, 1.165) is 12.1 Å². The molecule has 0 aliphatic rings. The number of carboxylic acid groups (broad SMARTS) is 1. The Kier molecular flexibility index (Phi) is 6.23. The molecule has 0 saturated carbocycles. The van der Waals surface area contributed by atoms with Crippen molar-refractivity contribution in [3.05, 3.63) is 74.0 Å². The van der Waals surface area contributed by atoms with Crippen molar-refractivity contribution in [1.29, 1.82) is 0 Å². The third-order valence-corrected chi connectivity index (χ3v) is 3.82. The Balaban J connectivity index is 2.39. The van der Waals surface area contributed by atoms with Gasteiger partial charge in [-0.25, -0.2) is 19.3 Å². The molecule has 2 aromatic rings. The highest BCUT2D eigenvalue weighted by Crippen LogP contribution is 2.28. The molecule has 0 saturated heterocycles. The van der Waals surface area contributed by atoms with Gasteiger partial charge >= 0.3 is 11.9 Å². The first-order valence-corrected chi connectivity index (χ1v) is 7.92. The Hall–Kier alpha value is -3.01. The third-order valence-electron chi connectivity index (χ3n) is 3.21. The lowest BCUT2D eigenvalue weighted by molar-refractivity contribution is -0.635. The number of carbonyl (C=O) groups excluding carboxylic acids is 1. The Morgan fingerprint density at radius 3 is 2.50 bits per heavy atom. The number of carbonyl (C=O) groups is 2. The average molecular weight is 427 g/mol. The Morgan fingerprint density at radius 2 is 1.92 bits per heavy atom. The number of hydrogen-bond acceptors (Lipinski definition) is 5. The van der Waals surface area contributed by atoms with Crippen LogP contribution in [0.5, 0.6) is 5.75 Å². The minimum absolute atomic E-state index is 0.119. The lowest BCUT2D eigenvalue weighted by atomic mass is 10.1. The number of halogens is 2. The fourth-order valence-electron chi connectivity index (χ4n) is 2.05. The van der Waals surface area contributed by atoms with E-state index in [1.807, 2.05) is 0 Å². The van der Waals surface area contributed by atoms with Crippen LogP contribution in [0.3, 0.4) is 0 Å². The van der Waals surface area contributed by atoms with Crippen molar-refractivity contribution in [1.82, 2.24) is 5.01 Å². The van der Waals surface area contributed by atoms with Crippen LogP contribution in [-0.2, 0) is 11.3 Å². The molecule has 2 rings (SSSR count). The fraction of sp³-hybridized carbons (Fsp3) is 0.125. The van der Waals surface area contributed by atoms with Crippen LogP contribution in [0, 0.1) is 15.9 Å². The monoisotopic (exact) mass is 426 g/mol. The molecule has 26 heavy (non-hydrogen) atoms. The number of hydrogen-bond donors (Lipinski definition) is 1.